The number of hydrogen-bond donors (Lipinski definition) is 0. The van der Waals surface area contributed by atoms with Gasteiger partial charge in [-0.1, -0.05) is 15.9 Å². The number of halogens is 1. The van der Waals surface area contributed by atoms with Crippen LogP contribution in [0.5, 0.6) is 0 Å². The molecule has 0 saturated heterocycles. The van der Waals surface area contributed by atoms with E-state index >= 15 is 0 Å². The number of nitrogens with zero attached hydrogens (tertiary/aromatic N) is 1. The van der Waals surface area contributed by atoms with Crippen LogP contribution in [-0.4, -0.2) is 10.8 Å². The number of ketones is 1. The van der Waals surface area contributed by atoms with Crippen molar-refractivity contribution in [2.75, 3.05) is 0 Å². The fourth-order valence-electron chi connectivity index (χ4n) is 0.942. The van der Waals surface area contributed by atoms with E-state index in [1.54, 1.807) is 19.3 Å². The zero-order chi connectivity index (χ0) is 8.97. The van der Waals surface area contributed by atoms with Crippen LogP contribution >= 0.6 is 15.9 Å². The lowest BCUT2D eigenvalue weighted by atomic mass is 10.1. The minimum Gasteiger partial charge on any atom is -0.300 e. The monoisotopic (exact) mass is 227 g/mol. The van der Waals surface area contributed by atoms with Gasteiger partial charge in [0.1, 0.15) is 5.78 Å². The standard InChI is InChI=1S/C9H10BrNO/c1-7(12)6-9(10)8-2-4-11-5-3-8/h2-5,9H,6H2,1H3. The van der Waals surface area contributed by atoms with Gasteiger partial charge in [-0.3, -0.25) is 9.78 Å². The maximum Gasteiger partial charge on any atom is 0.131 e. The van der Waals surface area contributed by atoms with Gasteiger partial charge in [-0.05, 0) is 24.6 Å². The van der Waals surface area contributed by atoms with Crippen LogP contribution in [0.3, 0.4) is 0 Å². The van der Waals surface area contributed by atoms with E-state index in [1.807, 2.05) is 12.1 Å². The maximum atomic E-state index is 10.8. The Morgan fingerprint density at radius 2 is 2.17 bits per heavy atom. The van der Waals surface area contributed by atoms with Crippen molar-refractivity contribution < 1.29 is 4.79 Å². The highest BCUT2D eigenvalue weighted by atomic mass is 79.9. The van der Waals surface area contributed by atoms with Gasteiger partial charge in [0.15, 0.2) is 0 Å². The van der Waals surface area contributed by atoms with Crippen LogP contribution in [-0.2, 0) is 4.79 Å². The Morgan fingerprint density at radius 1 is 1.58 bits per heavy atom. The van der Waals surface area contributed by atoms with E-state index in [0.29, 0.717) is 6.42 Å². The van der Waals surface area contributed by atoms with Crippen molar-refractivity contribution in [3.63, 3.8) is 0 Å². The second kappa shape index (κ2) is 4.36. The first-order valence-electron chi connectivity index (χ1n) is 3.73. The predicted molar refractivity (Wildman–Crippen MR) is 51.2 cm³/mol. The molecule has 64 valence electrons. The molecule has 1 rings (SSSR count). The summed E-state index contributed by atoms with van der Waals surface area (Å²) in [6.07, 6.45) is 3.98. The predicted octanol–water partition coefficient (Wildman–Crippen LogP) is 2.50. The molecular formula is C9H10BrNO. The molecule has 12 heavy (non-hydrogen) atoms. The van der Waals surface area contributed by atoms with E-state index in [4.69, 9.17) is 0 Å². The van der Waals surface area contributed by atoms with Crippen LogP contribution in [0, 0.1) is 0 Å². The highest BCUT2D eigenvalue weighted by molar-refractivity contribution is 9.09. The molecule has 1 unspecified atom stereocenters. The Morgan fingerprint density at radius 3 is 2.67 bits per heavy atom. The molecule has 0 fully saturated rings. The Kier molecular flexibility index (Phi) is 3.41. The van der Waals surface area contributed by atoms with E-state index in [1.165, 1.54) is 0 Å². The van der Waals surface area contributed by atoms with Gasteiger partial charge in [-0.15, -0.1) is 0 Å². The molecule has 0 N–H and O–H groups in total. The van der Waals surface area contributed by atoms with Crippen molar-refractivity contribution in [2.24, 2.45) is 0 Å². The van der Waals surface area contributed by atoms with Gasteiger partial charge >= 0.3 is 0 Å². The second-order valence-corrected chi connectivity index (χ2v) is 3.76. The van der Waals surface area contributed by atoms with E-state index in [0.717, 1.165) is 5.56 Å². The number of carbonyl (C=O) groups excluding carboxylic acids is 1. The summed E-state index contributed by atoms with van der Waals surface area (Å²) >= 11 is 3.44. The van der Waals surface area contributed by atoms with Crippen molar-refractivity contribution in [2.45, 2.75) is 18.2 Å². The summed E-state index contributed by atoms with van der Waals surface area (Å²) in [4.78, 5) is 14.8. The fraction of sp³-hybridized carbons (Fsp3) is 0.333. The number of carbonyl (C=O) groups is 1. The summed E-state index contributed by atoms with van der Waals surface area (Å²) in [6, 6.07) is 3.81. The first-order valence-corrected chi connectivity index (χ1v) is 4.65. The molecule has 1 heterocycles. The molecule has 0 aliphatic heterocycles. The Hall–Kier alpha value is -0.700. The third-order valence-corrected chi connectivity index (χ3v) is 2.39. The number of aromatic nitrogens is 1. The SMILES string of the molecule is CC(=O)CC(Br)c1ccncc1. The van der Waals surface area contributed by atoms with Crippen molar-refractivity contribution in [1.82, 2.24) is 4.98 Å². The van der Waals surface area contributed by atoms with Crippen LogP contribution in [0.25, 0.3) is 0 Å². The lowest BCUT2D eigenvalue weighted by Gasteiger charge is -2.06. The van der Waals surface area contributed by atoms with E-state index in [-0.39, 0.29) is 10.6 Å². The average molecular weight is 228 g/mol. The van der Waals surface area contributed by atoms with Gasteiger partial charge in [-0.25, -0.2) is 0 Å². The van der Waals surface area contributed by atoms with Gasteiger partial charge in [-0.2, -0.15) is 0 Å². The smallest absolute Gasteiger partial charge is 0.131 e. The maximum absolute atomic E-state index is 10.8. The van der Waals surface area contributed by atoms with E-state index in [2.05, 4.69) is 20.9 Å². The molecule has 0 aliphatic rings. The number of hydrogen-bond acceptors (Lipinski definition) is 2. The Balaban J connectivity index is 2.65. The summed E-state index contributed by atoms with van der Waals surface area (Å²) in [5.74, 6) is 0.189. The zero-order valence-corrected chi connectivity index (χ0v) is 8.41. The quantitative estimate of drug-likeness (QED) is 0.744. The normalized spacial score (nSPS) is 12.5. The summed E-state index contributed by atoms with van der Waals surface area (Å²) in [5.41, 5.74) is 1.10. The fourth-order valence-corrected chi connectivity index (χ4v) is 1.70. The number of alkyl halides is 1. The van der Waals surface area contributed by atoms with Crippen LogP contribution in [0.1, 0.15) is 23.7 Å². The summed E-state index contributed by atoms with van der Waals surface area (Å²) in [7, 11) is 0. The molecule has 1 atom stereocenters. The molecule has 0 radical (unpaired) electrons. The third-order valence-electron chi connectivity index (χ3n) is 1.53. The molecule has 0 bridgehead atoms. The first kappa shape index (κ1) is 9.39. The first-order chi connectivity index (χ1) is 5.70. The second-order valence-electron chi connectivity index (χ2n) is 2.65. The molecule has 1 aromatic rings. The number of rotatable bonds is 3. The molecule has 0 aliphatic carbocycles. The molecule has 3 heteroatoms. The van der Waals surface area contributed by atoms with Crippen molar-refractivity contribution >= 4 is 21.7 Å². The van der Waals surface area contributed by atoms with Gasteiger partial charge in [0.25, 0.3) is 0 Å². The van der Waals surface area contributed by atoms with E-state index < -0.39 is 0 Å². The summed E-state index contributed by atoms with van der Waals surface area (Å²) in [5, 5.41) is 0. The highest BCUT2D eigenvalue weighted by Gasteiger charge is 2.08. The molecule has 0 spiro atoms. The van der Waals surface area contributed by atoms with Crippen LogP contribution in [0.15, 0.2) is 24.5 Å². The van der Waals surface area contributed by atoms with Crippen LogP contribution in [0.2, 0.25) is 0 Å². The third kappa shape index (κ3) is 2.74. The largest absolute Gasteiger partial charge is 0.300 e. The molecule has 0 amide bonds. The molecular weight excluding hydrogens is 218 g/mol. The number of pyridine rings is 1. The average Bonchev–Trinajstić information content (AvgIpc) is 2.05. The minimum absolute atomic E-state index is 0.123. The molecule has 2 nitrogen and oxygen atoms in total. The summed E-state index contributed by atoms with van der Waals surface area (Å²) in [6.45, 7) is 1.59. The minimum atomic E-state index is 0.123. The Labute approximate surface area is 80.1 Å². The van der Waals surface area contributed by atoms with Gasteiger partial charge in [0.05, 0.1) is 0 Å². The van der Waals surface area contributed by atoms with Gasteiger partial charge in [0.2, 0.25) is 0 Å². The number of Topliss-reactive ketones (excluding diaryl/α,β-unsaturated/α-hetero) is 1. The zero-order valence-electron chi connectivity index (χ0n) is 6.83. The summed E-state index contributed by atoms with van der Waals surface area (Å²) < 4.78 is 0. The molecule has 0 aromatic carbocycles. The topological polar surface area (TPSA) is 30.0 Å². The lowest BCUT2D eigenvalue weighted by molar-refractivity contribution is -0.116. The van der Waals surface area contributed by atoms with Crippen LogP contribution in [0.4, 0.5) is 0 Å². The highest BCUT2D eigenvalue weighted by Crippen LogP contribution is 2.25. The molecule has 0 saturated carbocycles. The lowest BCUT2D eigenvalue weighted by Crippen LogP contribution is -1.97. The van der Waals surface area contributed by atoms with Gasteiger partial charge in [0, 0.05) is 23.6 Å². The molecule has 1 aromatic heterocycles. The van der Waals surface area contributed by atoms with Gasteiger partial charge < -0.3 is 0 Å². The van der Waals surface area contributed by atoms with Crippen LogP contribution < -0.4 is 0 Å². The Bertz CT molecular complexity index is 260. The van der Waals surface area contributed by atoms with Crippen molar-refractivity contribution in [1.29, 1.82) is 0 Å². The van der Waals surface area contributed by atoms with E-state index in [9.17, 15) is 4.79 Å². The van der Waals surface area contributed by atoms with Crippen molar-refractivity contribution in [3.05, 3.63) is 30.1 Å². The van der Waals surface area contributed by atoms with Crippen molar-refractivity contribution in [3.8, 4) is 0 Å².